The standard InChI is InChI=1S/C23H28N4O6/c1-14-8-15(2)23(16(3)9-14)25-22(29)13-26(4)12-21(28)24-17-10-19-20(11-18(17)27(30)31)33-7-5-6-32-19/h8-11H,5-7,12-13H2,1-4H3,(H,24,28)(H,25,29). The fraction of sp³-hybridized carbons (Fsp3) is 0.391. The highest BCUT2D eigenvalue weighted by atomic mass is 16.6. The van der Waals surface area contributed by atoms with Gasteiger partial charge in [0.2, 0.25) is 11.8 Å². The van der Waals surface area contributed by atoms with Crippen molar-refractivity contribution in [3.05, 3.63) is 51.1 Å². The van der Waals surface area contributed by atoms with E-state index < -0.39 is 10.8 Å². The number of carbonyl (C=O) groups excluding carboxylic acids is 2. The number of nitrogens with one attached hydrogen (secondary N) is 2. The second kappa shape index (κ2) is 10.3. The summed E-state index contributed by atoms with van der Waals surface area (Å²) in [5.41, 5.74) is 3.51. The number of hydrogen-bond acceptors (Lipinski definition) is 7. The summed E-state index contributed by atoms with van der Waals surface area (Å²) < 4.78 is 11.0. The maximum absolute atomic E-state index is 12.5. The van der Waals surface area contributed by atoms with Gasteiger partial charge in [-0.2, -0.15) is 0 Å². The van der Waals surface area contributed by atoms with Crippen LogP contribution in [0, 0.1) is 30.9 Å². The van der Waals surface area contributed by atoms with E-state index in [1.807, 2.05) is 32.9 Å². The lowest BCUT2D eigenvalue weighted by atomic mass is 10.1. The topological polar surface area (TPSA) is 123 Å². The van der Waals surface area contributed by atoms with Gasteiger partial charge in [-0.3, -0.25) is 24.6 Å². The number of nitro benzene ring substituents is 1. The van der Waals surface area contributed by atoms with Gasteiger partial charge in [0.15, 0.2) is 11.5 Å². The number of fused-ring (bicyclic) bond motifs is 1. The van der Waals surface area contributed by atoms with Gasteiger partial charge in [0.1, 0.15) is 5.69 Å². The summed E-state index contributed by atoms with van der Waals surface area (Å²) in [4.78, 5) is 37.4. The zero-order chi connectivity index (χ0) is 24.1. The van der Waals surface area contributed by atoms with Crippen molar-refractivity contribution >= 4 is 28.9 Å². The monoisotopic (exact) mass is 456 g/mol. The molecule has 0 atom stereocenters. The molecule has 3 rings (SSSR count). The molecular formula is C23H28N4O6. The summed E-state index contributed by atoms with van der Waals surface area (Å²) in [5.74, 6) is -0.148. The van der Waals surface area contributed by atoms with Gasteiger partial charge in [0.25, 0.3) is 5.69 Å². The molecule has 0 aromatic heterocycles. The fourth-order valence-electron chi connectivity index (χ4n) is 3.74. The van der Waals surface area contributed by atoms with Gasteiger partial charge in [-0.05, 0) is 38.9 Å². The molecule has 1 aliphatic heterocycles. The molecule has 0 unspecified atom stereocenters. The van der Waals surface area contributed by atoms with Crippen molar-refractivity contribution < 1.29 is 24.0 Å². The summed E-state index contributed by atoms with van der Waals surface area (Å²) in [6.07, 6.45) is 0.651. The Hall–Kier alpha value is -3.66. The van der Waals surface area contributed by atoms with Crippen molar-refractivity contribution in [3.63, 3.8) is 0 Å². The summed E-state index contributed by atoms with van der Waals surface area (Å²) in [6, 6.07) is 6.62. The van der Waals surface area contributed by atoms with E-state index in [0.29, 0.717) is 25.4 Å². The number of ether oxygens (including phenoxy) is 2. The molecule has 0 fully saturated rings. The largest absolute Gasteiger partial charge is 0.489 e. The molecule has 2 aromatic rings. The maximum Gasteiger partial charge on any atom is 0.296 e. The molecule has 10 heteroatoms. The highest BCUT2D eigenvalue weighted by molar-refractivity contribution is 5.96. The molecule has 0 aliphatic carbocycles. The van der Waals surface area contributed by atoms with E-state index in [-0.39, 0.29) is 36.1 Å². The van der Waals surface area contributed by atoms with Crippen LogP contribution in [0.25, 0.3) is 0 Å². The predicted octanol–water partition coefficient (Wildman–Crippen LogP) is 3.19. The van der Waals surface area contributed by atoms with Crippen molar-refractivity contribution in [2.75, 3.05) is 44.0 Å². The molecular weight excluding hydrogens is 428 g/mol. The van der Waals surface area contributed by atoms with Crippen molar-refractivity contribution in [1.82, 2.24) is 4.90 Å². The van der Waals surface area contributed by atoms with E-state index in [4.69, 9.17) is 9.47 Å². The van der Waals surface area contributed by atoms with Gasteiger partial charge >= 0.3 is 0 Å². The maximum atomic E-state index is 12.5. The number of carbonyl (C=O) groups is 2. The van der Waals surface area contributed by atoms with Gasteiger partial charge in [-0.15, -0.1) is 0 Å². The van der Waals surface area contributed by atoms with Crippen LogP contribution in [0.3, 0.4) is 0 Å². The van der Waals surface area contributed by atoms with Crippen LogP contribution < -0.4 is 20.1 Å². The minimum atomic E-state index is -0.590. The zero-order valence-electron chi connectivity index (χ0n) is 19.2. The number of hydrogen-bond donors (Lipinski definition) is 2. The van der Waals surface area contributed by atoms with Gasteiger partial charge in [-0.25, -0.2) is 0 Å². The quantitative estimate of drug-likeness (QED) is 0.484. The first-order valence-electron chi connectivity index (χ1n) is 10.6. The minimum Gasteiger partial charge on any atom is -0.489 e. The van der Waals surface area contributed by atoms with Crippen molar-refractivity contribution in [3.8, 4) is 11.5 Å². The zero-order valence-corrected chi connectivity index (χ0v) is 19.2. The van der Waals surface area contributed by atoms with Gasteiger partial charge in [0.05, 0.1) is 37.3 Å². The molecule has 2 N–H and O–H groups in total. The highest BCUT2D eigenvalue weighted by Crippen LogP contribution is 2.39. The van der Waals surface area contributed by atoms with E-state index in [1.54, 1.807) is 7.05 Å². The van der Waals surface area contributed by atoms with Crippen LogP contribution in [-0.2, 0) is 9.59 Å². The first-order chi connectivity index (χ1) is 15.6. The van der Waals surface area contributed by atoms with Gasteiger partial charge in [0, 0.05) is 18.2 Å². The van der Waals surface area contributed by atoms with Crippen molar-refractivity contribution in [2.45, 2.75) is 27.2 Å². The minimum absolute atomic E-state index is 0.0120. The number of aryl methyl sites for hydroxylation is 3. The normalized spacial score (nSPS) is 12.8. The average molecular weight is 456 g/mol. The van der Waals surface area contributed by atoms with Crippen LogP contribution in [0.1, 0.15) is 23.1 Å². The van der Waals surface area contributed by atoms with Crippen LogP contribution in [-0.4, -0.2) is 55.0 Å². The van der Waals surface area contributed by atoms with Crippen LogP contribution in [0.5, 0.6) is 11.5 Å². The molecule has 33 heavy (non-hydrogen) atoms. The Balaban J connectivity index is 1.63. The second-order valence-electron chi connectivity index (χ2n) is 8.17. The molecule has 176 valence electrons. The van der Waals surface area contributed by atoms with E-state index in [1.165, 1.54) is 17.0 Å². The molecule has 0 bridgehead atoms. The van der Waals surface area contributed by atoms with Crippen LogP contribution in [0.2, 0.25) is 0 Å². The molecule has 2 amide bonds. The Bertz CT molecular complexity index is 1060. The number of nitrogens with zero attached hydrogens (tertiary/aromatic N) is 2. The molecule has 0 spiro atoms. The molecule has 1 heterocycles. The lowest BCUT2D eigenvalue weighted by Gasteiger charge is -2.18. The molecule has 2 aromatic carbocycles. The van der Waals surface area contributed by atoms with Crippen molar-refractivity contribution in [2.24, 2.45) is 0 Å². The molecule has 10 nitrogen and oxygen atoms in total. The summed E-state index contributed by atoms with van der Waals surface area (Å²) >= 11 is 0. The van der Waals surface area contributed by atoms with E-state index in [2.05, 4.69) is 10.6 Å². The highest BCUT2D eigenvalue weighted by Gasteiger charge is 2.23. The van der Waals surface area contributed by atoms with Crippen LogP contribution in [0.4, 0.5) is 17.1 Å². The first kappa shape index (κ1) is 24.0. The number of benzene rings is 2. The van der Waals surface area contributed by atoms with E-state index in [0.717, 1.165) is 22.4 Å². The Morgan fingerprint density at radius 3 is 2.09 bits per heavy atom. The third-order valence-electron chi connectivity index (χ3n) is 5.11. The number of nitro groups is 1. The summed E-state index contributed by atoms with van der Waals surface area (Å²) in [7, 11) is 1.62. The molecule has 1 aliphatic rings. The molecule has 0 saturated carbocycles. The van der Waals surface area contributed by atoms with Crippen LogP contribution >= 0.6 is 0 Å². The first-order valence-corrected chi connectivity index (χ1v) is 10.6. The Kier molecular flexibility index (Phi) is 7.49. The summed E-state index contributed by atoms with van der Waals surface area (Å²) in [6.45, 7) is 6.49. The average Bonchev–Trinajstić information content (AvgIpc) is 2.94. The Morgan fingerprint density at radius 1 is 0.970 bits per heavy atom. The molecule has 0 radical (unpaired) electrons. The van der Waals surface area contributed by atoms with Gasteiger partial charge < -0.3 is 20.1 Å². The van der Waals surface area contributed by atoms with Gasteiger partial charge in [-0.1, -0.05) is 17.7 Å². The van der Waals surface area contributed by atoms with E-state index >= 15 is 0 Å². The SMILES string of the molecule is Cc1cc(C)c(NC(=O)CN(C)CC(=O)Nc2cc3c(cc2[N+](=O)[O-])OCCCO3)c(C)c1. The fourth-order valence-corrected chi connectivity index (χ4v) is 3.74. The van der Waals surface area contributed by atoms with E-state index in [9.17, 15) is 19.7 Å². The Morgan fingerprint density at radius 2 is 1.52 bits per heavy atom. The predicted molar refractivity (Wildman–Crippen MR) is 124 cm³/mol. The lowest BCUT2D eigenvalue weighted by Crippen LogP contribution is -2.36. The number of amides is 2. The number of rotatable bonds is 7. The third kappa shape index (κ3) is 6.19. The lowest BCUT2D eigenvalue weighted by molar-refractivity contribution is -0.384. The Labute approximate surface area is 192 Å². The summed E-state index contributed by atoms with van der Waals surface area (Å²) in [5, 5.41) is 16.9. The van der Waals surface area contributed by atoms with Crippen LogP contribution in [0.15, 0.2) is 24.3 Å². The molecule has 0 saturated heterocycles. The number of likely N-dealkylation sites (N-methyl/N-ethyl adjacent to an activating group) is 1. The smallest absolute Gasteiger partial charge is 0.296 e. The number of anilines is 2. The second-order valence-corrected chi connectivity index (χ2v) is 8.17. The van der Waals surface area contributed by atoms with Crippen molar-refractivity contribution in [1.29, 1.82) is 0 Å². The third-order valence-corrected chi connectivity index (χ3v) is 5.11.